The number of thioether (sulfide) groups is 1. The largest absolute Gasteiger partial charge is 0.464 e. The molecule has 0 radical (unpaired) electrons. The van der Waals surface area contributed by atoms with Crippen molar-refractivity contribution < 1.29 is 9.53 Å². The third-order valence-corrected chi connectivity index (χ3v) is 4.38. The minimum Gasteiger partial charge on any atom is -0.464 e. The number of thiophene rings is 1. The SMILES string of the molecule is O=C(OCCc1cccs1)C1CSCCN1. The fourth-order valence-electron chi connectivity index (χ4n) is 1.52. The second-order valence-corrected chi connectivity index (χ2v) is 5.76. The number of esters is 1. The van der Waals surface area contributed by atoms with Crippen molar-refractivity contribution in [2.24, 2.45) is 0 Å². The molecule has 0 saturated carbocycles. The van der Waals surface area contributed by atoms with E-state index in [2.05, 4.69) is 11.4 Å². The molecule has 1 saturated heterocycles. The summed E-state index contributed by atoms with van der Waals surface area (Å²) in [6.45, 7) is 1.39. The van der Waals surface area contributed by atoms with Gasteiger partial charge in [-0.25, -0.2) is 0 Å². The lowest BCUT2D eigenvalue weighted by Gasteiger charge is -2.21. The zero-order valence-corrected chi connectivity index (χ0v) is 10.6. The van der Waals surface area contributed by atoms with E-state index in [-0.39, 0.29) is 12.0 Å². The highest BCUT2D eigenvalue weighted by molar-refractivity contribution is 7.99. The normalized spacial score (nSPS) is 20.6. The van der Waals surface area contributed by atoms with Gasteiger partial charge in [-0.2, -0.15) is 11.8 Å². The van der Waals surface area contributed by atoms with Crippen LogP contribution in [-0.2, 0) is 16.0 Å². The van der Waals surface area contributed by atoms with Crippen molar-refractivity contribution in [1.82, 2.24) is 5.32 Å². The van der Waals surface area contributed by atoms with Gasteiger partial charge in [-0.3, -0.25) is 4.79 Å². The highest BCUT2D eigenvalue weighted by Gasteiger charge is 2.21. The fourth-order valence-corrected chi connectivity index (χ4v) is 3.13. The van der Waals surface area contributed by atoms with E-state index in [0.29, 0.717) is 6.61 Å². The van der Waals surface area contributed by atoms with E-state index in [1.165, 1.54) is 4.88 Å². The Labute approximate surface area is 104 Å². The predicted octanol–water partition coefficient (Wildman–Crippen LogP) is 1.54. The molecular weight excluding hydrogens is 242 g/mol. The van der Waals surface area contributed by atoms with E-state index in [0.717, 1.165) is 24.5 Å². The van der Waals surface area contributed by atoms with Crippen molar-refractivity contribution in [3.05, 3.63) is 22.4 Å². The molecule has 1 aromatic heterocycles. The van der Waals surface area contributed by atoms with Crippen molar-refractivity contribution in [2.75, 3.05) is 24.7 Å². The Morgan fingerprint density at radius 3 is 3.25 bits per heavy atom. The molecule has 0 amide bonds. The number of carbonyl (C=O) groups excluding carboxylic acids is 1. The Morgan fingerprint density at radius 2 is 2.56 bits per heavy atom. The van der Waals surface area contributed by atoms with E-state index in [1.54, 1.807) is 23.1 Å². The standard InChI is InChI=1S/C11H15NO2S2/c13-11(10-8-15-7-4-12-10)14-5-3-9-2-1-6-16-9/h1-2,6,10,12H,3-5,7-8H2. The first-order chi connectivity index (χ1) is 7.86. The molecule has 1 unspecified atom stereocenters. The average Bonchev–Trinajstić information content (AvgIpc) is 2.83. The summed E-state index contributed by atoms with van der Waals surface area (Å²) < 4.78 is 5.25. The zero-order chi connectivity index (χ0) is 11.2. The molecule has 0 bridgehead atoms. The summed E-state index contributed by atoms with van der Waals surface area (Å²) in [6, 6.07) is 3.97. The minimum absolute atomic E-state index is 0.108. The van der Waals surface area contributed by atoms with Crippen LogP contribution in [0.2, 0.25) is 0 Å². The molecule has 2 heterocycles. The molecule has 0 spiro atoms. The van der Waals surface area contributed by atoms with Crippen LogP contribution < -0.4 is 5.32 Å². The van der Waals surface area contributed by atoms with E-state index in [4.69, 9.17) is 4.74 Å². The highest BCUT2D eigenvalue weighted by atomic mass is 32.2. The molecule has 1 aliphatic rings. The van der Waals surface area contributed by atoms with Crippen LogP contribution in [0, 0.1) is 0 Å². The topological polar surface area (TPSA) is 38.3 Å². The van der Waals surface area contributed by atoms with Crippen LogP contribution in [0.3, 0.4) is 0 Å². The van der Waals surface area contributed by atoms with Crippen LogP contribution in [0.5, 0.6) is 0 Å². The first-order valence-electron chi connectivity index (χ1n) is 5.36. The van der Waals surface area contributed by atoms with Crippen molar-refractivity contribution in [1.29, 1.82) is 0 Å². The Bertz CT molecular complexity index is 321. The molecule has 88 valence electrons. The van der Waals surface area contributed by atoms with Gasteiger partial charge in [-0.15, -0.1) is 11.3 Å². The van der Waals surface area contributed by atoms with Gasteiger partial charge >= 0.3 is 5.97 Å². The Balaban J connectivity index is 1.67. The number of carbonyl (C=O) groups is 1. The Kier molecular flexibility index (Phi) is 4.69. The number of hydrogen-bond donors (Lipinski definition) is 1. The molecule has 16 heavy (non-hydrogen) atoms. The lowest BCUT2D eigenvalue weighted by atomic mass is 10.3. The summed E-state index contributed by atoms with van der Waals surface area (Å²) in [5.41, 5.74) is 0. The van der Waals surface area contributed by atoms with Crippen molar-refractivity contribution in [3.8, 4) is 0 Å². The fraction of sp³-hybridized carbons (Fsp3) is 0.545. The lowest BCUT2D eigenvalue weighted by molar-refractivity contribution is -0.145. The Hall–Kier alpha value is -0.520. The maximum Gasteiger partial charge on any atom is 0.324 e. The van der Waals surface area contributed by atoms with E-state index >= 15 is 0 Å². The molecule has 5 heteroatoms. The number of nitrogens with one attached hydrogen (secondary N) is 1. The van der Waals surface area contributed by atoms with E-state index < -0.39 is 0 Å². The number of hydrogen-bond acceptors (Lipinski definition) is 5. The van der Waals surface area contributed by atoms with Crippen LogP contribution in [0.15, 0.2) is 17.5 Å². The summed E-state index contributed by atoms with van der Waals surface area (Å²) >= 11 is 3.50. The number of ether oxygens (including phenoxy) is 1. The second-order valence-electron chi connectivity index (χ2n) is 3.58. The monoisotopic (exact) mass is 257 g/mol. The highest BCUT2D eigenvalue weighted by Crippen LogP contribution is 2.11. The summed E-state index contributed by atoms with van der Waals surface area (Å²) in [5, 5.41) is 5.21. The third kappa shape index (κ3) is 3.50. The van der Waals surface area contributed by atoms with Crippen LogP contribution in [0.4, 0.5) is 0 Å². The number of rotatable bonds is 4. The van der Waals surface area contributed by atoms with Gasteiger partial charge in [0.25, 0.3) is 0 Å². The summed E-state index contributed by atoms with van der Waals surface area (Å²) in [5.74, 6) is 1.81. The van der Waals surface area contributed by atoms with E-state index in [9.17, 15) is 4.79 Å². The minimum atomic E-state index is -0.109. The van der Waals surface area contributed by atoms with Gasteiger partial charge in [0.15, 0.2) is 0 Å². The molecule has 1 atom stereocenters. The van der Waals surface area contributed by atoms with Gasteiger partial charge in [0, 0.05) is 29.3 Å². The molecule has 1 fully saturated rings. The molecule has 1 N–H and O–H groups in total. The third-order valence-electron chi connectivity index (χ3n) is 2.38. The van der Waals surface area contributed by atoms with Gasteiger partial charge in [0.1, 0.15) is 6.04 Å². The van der Waals surface area contributed by atoms with Crippen LogP contribution in [-0.4, -0.2) is 36.7 Å². The van der Waals surface area contributed by atoms with Crippen LogP contribution in [0.1, 0.15) is 4.88 Å². The molecule has 0 aliphatic carbocycles. The molecule has 2 rings (SSSR count). The maximum absolute atomic E-state index is 11.6. The van der Waals surface area contributed by atoms with Crippen LogP contribution in [0.25, 0.3) is 0 Å². The quantitative estimate of drug-likeness (QED) is 0.830. The van der Waals surface area contributed by atoms with Gasteiger partial charge in [0.2, 0.25) is 0 Å². The summed E-state index contributed by atoms with van der Waals surface area (Å²) in [4.78, 5) is 12.9. The predicted molar refractivity (Wildman–Crippen MR) is 68.1 cm³/mol. The smallest absolute Gasteiger partial charge is 0.324 e. The average molecular weight is 257 g/mol. The van der Waals surface area contributed by atoms with Gasteiger partial charge in [0.05, 0.1) is 6.61 Å². The van der Waals surface area contributed by atoms with Gasteiger partial charge in [-0.1, -0.05) is 6.07 Å². The van der Waals surface area contributed by atoms with Crippen molar-refractivity contribution in [3.63, 3.8) is 0 Å². The van der Waals surface area contributed by atoms with Crippen LogP contribution >= 0.6 is 23.1 Å². The molecule has 3 nitrogen and oxygen atoms in total. The van der Waals surface area contributed by atoms with Gasteiger partial charge in [-0.05, 0) is 11.4 Å². The van der Waals surface area contributed by atoms with Gasteiger partial charge < -0.3 is 10.1 Å². The first-order valence-corrected chi connectivity index (χ1v) is 7.40. The zero-order valence-electron chi connectivity index (χ0n) is 8.98. The van der Waals surface area contributed by atoms with Crippen molar-refractivity contribution >= 4 is 29.1 Å². The molecular formula is C11H15NO2S2. The summed E-state index contributed by atoms with van der Waals surface area (Å²) in [7, 11) is 0. The molecule has 0 aromatic carbocycles. The van der Waals surface area contributed by atoms with E-state index in [1.807, 2.05) is 11.4 Å². The summed E-state index contributed by atoms with van der Waals surface area (Å²) in [6.07, 6.45) is 0.823. The first kappa shape index (κ1) is 12.0. The molecule has 1 aliphatic heterocycles. The Morgan fingerprint density at radius 1 is 1.62 bits per heavy atom. The lowest BCUT2D eigenvalue weighted by Crippen LogP contribution is -2.44. The maximum atomic E-state index is 11.6. The molecule has 1 aromatic rings. The van der Waals surface area contributed by atoms with Crippen molar-refractivity contribution in [2.45, 2.75) is 12.5 Å². The second kappa shape index (κ2) is 6.27.